The van der Waals surface area contributed by atoms with Crippen LogP contribution in [0.5, 0.6) is 5.75 Å². The van der Waals surface area contributed by atoms with Crippen LogP contribution in [0.4, 0.5) is 21.1 Å². The second kappa shape index (κ2) is 12.6. The van der Waals surface area contributed by atoms with Gasteiger partial charge in [-0.3, -0.25) is 4.68 Å². The second-order valence-electron chi connectivity index (χ2n) is 13.7. The number of aryl methyl sites for hydroxylation is 1. The summed E-state index contributed by atoms with van der Waals surface area (Å²) in [7, 11) is 1.89. The van der Waals surface area contributed by atoms with Crippen LogP contribution in [0.1, 0.15) is 64.5 Å². The second-order valence-corrected chi connectivity index (χ2v) is 13.7. The van der Waals surface area contributed by atoms with Gasteiger partial charge in [0.15, 0.2) is 17.5 Å². The molecule has 1 aliphatic heterocycles. The normalized spacial score (nSPS) is 13.4. The summed E-state index contributed by atoms with van der Waals surface area (Å²) >= 11 is 0. The molecular weight excluding hydrogens is 608 g/mol. The fourth-order valence-electron chi connectivity index (χ4n) is 5.50. The summed E-state index contributed by atoms with van der Waals surface area (Å²) in [5.74, 6) is 2.36. The molecule has 0 radical (unpaired) electrons. The largest absolute Gasteiger partial charge is 0.493 e. The lowest BCUT2D eigenvalue weighted by atomic mass is 10.0. The topological polar surface area (TPSA) is 121 Å². The summed E-state index contributed by atoms with van der Waals surface area (Å²) in [6.07, 6.45) is 0.629. The molecule has 0 saturated carbocycles. The van der Waals surface area contributed by atoms with Crippen molar-refractivity contribution in [2.75, 3.05) is 16.8 Å². The van der Waals surface area contributed by atoms with Crippen molar-refractivity contribution in [1.29, 1.82) is 0 Å². The van der Waals surface area contributed by atoms with Crippen molar-refractivity contribution in [3.05, 3.63) is 95.9 Å². The average Bonchev–Trinajstić information content (AvgIpc) is 3.65. The smallest absolute Gasteiger partial charge is 0.425 e. The average molecular weight is 649 g/mol. The minimum absolute atomic E-state index is 0.110. The summed E-state index contributed by atoms with van der Waals surface area (Å²) in [5.41, 5.74) is 2.15. The lowest BCUT2D eigenvalue weighted by molar-refractivity contribution is 0.0429. The lowest BCUT2D eigenvalue weighted by Crippen LogP contribution is -2.44. The molecule has 6 rings (SSSR count). The van der Waals surface area contributed by atoms with Gasteiger partial charge in [0, 0.05) is 36.3 Å². The first-order chi connectivity index (χ1) is 22.8. The molecule has 2 amide bonds. The number of anilines is 2. The molecule has 48 heavy (non-hydrogen) atoms. The maximum Gasteiger partial charge on any atom is 0.425 e. The van der Waals surface area contributed by atoms with Crippen molar-refractivity contribution in [3.8, 4) is 17.1 Å². The van der Waals surface area contributed by atoms with Crippen molar-refractivity contribution >= 4 is 34.5 Å². The van der Waals surface area contributed by atoms with Crippen LogP contribution >= 0.6 is 0 Å². The highest BCUT2D eigenvalue weighted by Gasteiger charge is 2.34. The number of aromatic nitrogens is 4. The number of nitrogens with one attached hydrogen (secondary N) is 1. The van der Waals surface area contributed by atoms with Crippen LogP contribution in [0, 0.1) is 0 Å². The third-order valence-corrected chi connectivity index (χ3v) is 7.55. The van der Waals surface area contributed by atoms with E-state index in [-0.39, 0.29) is 11.9 Å². The van der Waals surface area contributed by atoms with Crippen molar-refractivity contribution in [1.82, 2.24) is 19.7 Å². The molecule has 0 spiro atoms. The number of imide groups is 1. The number of hydrogen-bond acceptors (Lipinski definition) is 9. The summed E-state index contributed by atoms with van der Waals surface area (Å²) in [4.78, 5) is 37.1. The van der Waals surface area contributed by atoms with E-state index in [4.69, 9.17) is 24.3 Å². The minimum atomic E-state index is -0.879. The number of pyridine rings is 1. The minimum Gasteiger partial charge on any atom is -0.493 e. The van der Waals surface area contributed by atoms with E-state index >= 15 is 0 Å². The van der Waals surface area contributed by atoms with E-state index in [1.807, 2.05) is 73.8 Å². The number of fused-ring (bicyclic) bond motifs is 2. The van der Waals surface area contributed by atoms with Gasteiger partial charge in [0.05, 0.1) is 6.61 Å². The Balaban J connectivity index is 1.40. The van der Waals surface area contributed by atoms with Crippen LogP contribution in [0.25, 0.3) is 22.2 Å². The monoisotopic (exact) mass is 648 g/mol. The zero-order valence-electron chi connectivity index (χ0n) is 28.3. The first-order valence-electron chi connectivity index (χ1n) is 15.9. The van der Waals surface area contributed by atoms with E-state index in [1.54, 1.807) is 52.4 Å². The first-order valence-corrected chi connectivity index (χ1v) is 15.9. The van der Waals surface area contributed by atoms with Crippen molar-refractivity contribution in [3.63, 3.8) is 0 Å². The van der Waals surface area contributed by atoms with Crippen LogP contribution in [0.3, 0.4) is 0 Å². The maximum absolute atomic E-state index is 13.4. The van der Waals surface area contributed by atoms with Crippen molar-refractivity contribution < 1.29 is 23.8 Å². The van der Waals surface area contributed by atoms with Crippen molar-refractivity contribution in [2.24, 2.45) is 7.05 Å². The lowest BCUT2D eigenvalue weighted by Gasteiger charge is -2.28. The summed E-state index contributed by atoms with van der Waals surface area (Å²) in [6.45, 7) is 11.1. The van der Waals surface area contributed by atoms with Crippen LogP contribution in [0.2, 0.25) is 0 Å². The SMILES string of the molecule is Cn1nc(-c2ccccc2)nc1C(Nc1ccc2c(N(C(=O)OC(C)(C)C)C(=O)OC(C)(C)C)nccc2c1)c1ccc2c(c1)CCO2. The Morgan fingerprint density at radius 3 is 2.31 bits per heavy atom. The molecule has 0 saturated heterocycles. The Morgan fingerprint density at radius 2 is 1.62 bits per heavy atom. The molecule has 1 atom stereocenters. The third kappa shape index (κ3) is 7.10. The Bertz CT molecular complexity index is 1950. The molecule has 11 nitrogen and oxygen atoms in total. The fraction of sp³-hybridized carbons (Fsp3) is 0.324. The third-order valence-electron chi connectivity index (χ3n) is 7.55. The van der Waals surface area contributed by atoms with E-state index in [0.29, 0.717) is 17.8 Å². The molecule has 1 N–H and O–H groups in total. The highest BCUT2D eigenvalue weighted by molar-refractivity contribution is 6.14. The number of benzene rings is 3. The van der Waals surface area contributed by atoms with E-state index in [9.17, 15) is 9.59 Å². The van der Waals surface area contributed by atoms with Gasteiger partial charge >= 0.3 is 12.2 Å². The molecule has 2 aromatic heterocycles. The predicted octanol–water partition coefficient (Wildman–Crippen LogP) is 7.84. The van der Waals surface area contributed by atoms with Gasteiger partial charge < -0.3 is 19.5 Å². The molecule has 3 aromatic carbocycles. The van der Waals surface area contributed by atoms with Crippen LogP contribution in [-0.2, 0) is 22.9 Å². The van der Waals surface area contributed by atoms with Crippen LogP contribution in [0.15, 0.2) is 79.0 Å². The number of carbonyl (C=O) groups excluding carboxylic acids is 2. The molecule has 3 heterocycles. The predicted molar refractivity (Wildman–Crippen MR) is 184 cm³/mol. The quantitative estimate of drug-likeness (QED) is 0.196. The van der Waals surface area contributed by atoms with Gasteiger partial charge in [0.2, 0.25) is 0 Å². The standard InChI is InChI=1S/C37H40N6O5/c1-36(2,3)47-34(44)43(35(45)48-37(4,5)6)32-28-15-14-27(22-24(28)17-19-38-32)39-30(26-13-16-29-25(21-26)18-20-46-29)33-40-31(41-42(33)7)23-11-9-8-10-12-23/h8-17,19,21-22,30,39H,18,20H2,1-7H3. The molecule has 0 fully saturated rings. The summed E-state index contributed by atoms with van der Waals surface area (Å²) < 4.78 is 18.8. The Hall–Kier alpha value is -5.45. The van der Waals surface area contributed by atoms with Crippen LogP contribution in [-0.4, -0.2) is 49.7 Å². The number of hydrogen-bond donors (Lipinski definition) is 1. The number of ether oxygens (including phenoxy) is 3. The molecule has 248 valence electrons. The Labute approximate surface area is 279 Å². The van der Waals surface area contributed by atoms with E-state index in [1.165, 1.54) is 0 Å². The van der Waals surface area contributed by atoms with Gasteiger partial charge in [-0.05, 0) is 94.5 Å². The van der Waals surface area contributed by atoms with Gasteiger partial charge in [-0.15, -0.1) is 0 Å². The number of nitrogens with zero attached hydrogens (tertiary/aromatic N) is 5. The zero-order valence-corrected chi connectivity index (χ0v) is 28.3. The highest BCUT2D eigenvalue weighted by atomic mass is 16.6. The molecule has 11 heteroatoms. The van der Waals surface area contributed by atoms with Gasteiger partial charge in [0.1, 0.15) is 23.0 Å². The molecule has 1 aliphatic rings. The Kier molecular flexibility index (Phi) is 8.55. The van der Waals surface area contributed by atoms with Gasteiger partial charge in [-0.25, -0.2) is 19.6 Å². The van der Waals surface area contributed by atoms with E-state index in [2.05, 4.69) is 16.4 Å². The number of carbonyl (C=O) groups is 2. The van der Waals surface area contributed by atoms with Gasteiger partial charge in [-0.2, -0.15) is 10.00 Å². The Morgan fingerprint density at radius 1 is 0.917 bits per heavy atom. The van der Waals surface area contributed by atoms with Crippen molar-refractivity contribution in [2.45, 2.75) is 65.2 Å². The summed E-state index contributed by atoms with van der Waals surface area (Å²) in [6, 6.07) is 23.2. The highest BCUT2D eigenvalue weighted by Crippen LogP contribution is 2.35. The molecule has 5 aromatic rings. The van der Waals surface area contributed by atoms with E-state index < -0.39 is 23.4 Å². The fourth-order valence-corrected chi connectivity index (χ4v) is 5.50. The molecule has 0 aliphatic carbocycles. The molecular formula is C37H40N6O5. The molecule has 1 unspecified atom stereocenters. The van der Waals surface area contributed by atoms with Gasteiger partial charge in [-0.1, -0.05) is 36.4 Å². The zero-order chi connectivity index (χ0) is 34.2. The summed E-state index contributed by atoms with van der Waals surface area (Å²) in [5, 5.41) is 9.73. The number of amides is 2. The number of rotatable bonds is 6. The van der Waals surface area contributed by atoms with Gasteiger partial charge in [0.25, 0.3) is 0 Å². The van der Waals surface area contributed by atoms with Crippen LogP contribution < -0.4 is 15.0 Å². The maximum atomic E-state index is 13.4. The first kappa shape index (κ1) is 32.5. The molecule has 0 bridgehead atoms. The van der Waals surface area contributed by atoms with E-state index in [0.717, 1.165) is 50.7 Å².